The summed E-state index contributed by atoms with van der Waals surface area (Å²) in [6, 6.07) is 7.08. The molecule has 0 atom stereocenters. The van der Waals surface area contributed by atoms with Crippen LogP contribution in [0.5, 0.6) is 0 Å². The van der Waals surface area contributed by atoms with Crippen LogP contribution in [0.1, 0.15) is 6.92 Å². The van der Waals surface area contributed by atoms with Gasteiger partial charge in [0.15, 0.2) is 11.3 Å². The first-order valence-corrected chi connectivity index (χ1v) is 9.37. The van der Waals surface area contributed by atoms with Crippen molar-refractivity contribution in [3.63, 3.8) is 0 Å². The van der Waals surface area contributed by atoms with Gasteiger partial charge < -0.3 is 11.1 Å². The monoisotopic (exact) mass is 495 g/mol. The van der Waals surface area contributed by atoms with Gasteiger partial charge in [0.1, 0.15) is 0 Å². The largest absolute Gasteiger partial charge is 0.366 e. The lowest BCUT2D eigenvalue weighted by molar-refractivity contribution is 0.252. The van der Waals surface area contributed by atoms with Crippen molar-refractivity contribution in [2.24, 2.45) is 0 Å². The van der Waals surface area contributed by atoms with Crippen molar-refractivity contribution in [3.8, 4) is 0 Å². The third-order valence-electron chi connectivity index (χ3n) is 3.18. The maximum Gasteiger partial charge on any atom is 0.321 e. The highest BCUT2D eigenvalue weighted by Crippen LogP contribution is 2.13. The van der Waals surface area contributed by atoms with Crippen molar-refractivity contribution in [2.45, 2.75) is 6.92 Å². The Kier molecular flexibility index (Phi) is 5.86. The number of fused-ring (bicyclic) bond motifs is 2. The molecule has 0 bridgehead atoms. The fraction of sp³-hybridized carbons (Fsp3) is 0.133. The quantitative estimate of drug-likeness (QED) is 0.391. The number of rotatable bonds is 2. The Morgan fingerprint density at radius 3 is 2.30 bits per heavy atom. The number of amides is 2. The molecular formula is C15H15Br2N9O. The van der Waals surface area contributed by atoms with E-state index in [2.05, 4.69) is 62.7 Å². The van der Waals surface area contributed by atoms with Gasteiger partial charge >= 0.3 is 6.03 Å². The molecule has 4 N–H and O–H groups in total. The van der Waals surface area contributed by atoms with Gasteiger partial charge in [-0.05, 0) is 31.2 Å². The topological polar surface area (TPSA) is 128 Å². The van der Waals surface area contributed by atoms with Crippen molar-refractivity contribution < 1.29 is 4.79 Å². The number of halogens is 2. The molecule has 0 spiro atoms. The zero-order chi connectivity index (χ0) is 19.4. The predicted molar refractivity (Wildman–Crippen MR) is 108 cm³/mol. The van der Waals surface area contributed by atoms with Crippen LogP contribution in [-0.4, -0.2) is 41.8 Å². The van der Waals surface area contributed by atoms with E-state index >= 15 is 0 Å². The molecule has 10 nitrogen and oxygen atoms in total. The first-order valence-electron chi connectivity index (χ1n) is 7.79. The summed E-state index contributed by atoms with van der Waals surface area (Å²) < 4.78 is 5.10. The minimum absolute atomic E-state index is 0.282. The van der Waals surface area contributed by atoms with Gasteiger partial charge in [0.05, 0.1) is 0 Å². The first kappa shape index (κ1) is 19.0. The summed E-state index contributed by atoms with van der Waals surface area (Å²) in [5, 5.41) is 13.2. The second-order valence-corrected chi connectivity index (χ2v) is 7.02. The third kappa shape index (κ3) is 4.92. The number of hydrogen-bond acceptors (Lipinski definition) is 6. The van der Waals surface area contributed by atoms with Gasteiger partial charge in [-0.3, -0.25) is 5.32 Å². The van der Waals surface area contributed by atoms with Crippen molar-refractivity contribution in [2.75, 3.05) is 17.6 Å². The summed E-state index contributed by atoms with van der Waals surface area (Å²) in [4.78, 5) is 19.4. The Bertz CT molecular complexity index is 1090. The van der Waals surface area contributed by atoms with Crippen LogP contribution < -0.4 is 16.4 Å². The van der Waals surface area contributed by atoms with E-state index in [-0.39, 0.29) is 12.0 Å². The predicted octanol–water partition coefficient (Wildman–Crippen LogP) is 2.71. The minimum Gasteiger partial charge on any atom is -0.366 e. The lowest BCUT2D eigenvalue weighted by Gasteiger charge is -1.99. The van der Waals surface area contributed by atoms with E-state index in [1.54, 1.807) is 21.4 Å². The molecule has 2 amide bonds. The van der Waals surface area contributed by atoms with Crippen LogP contribution in [0.4, 0.5) is 16.7 Å². The number of pyridine rings is 2. The number of urea groups is 1. The summed E-state index contributed by atoms with van der Waals surface area (Å²) in [6.45, 7) is 2.40. The van der Waals surface area contributed by atoms with Crippen molar-refractivity contribution >= 4 is 61.1 Å². The molecule has 4 aromatic rings. The summed E-state index contributed by atoms with van der Waals surface area (Å²) in [5.41, 5.74) is 6.80. The van der Waals surface area contributed by atoms with Crippen LogP contribution in [0.25, 0.3) is 11.3 Å². The highest BCUT2D eigenvalue weighted by atomic mass is 79.9. The van der Waals surface area contributed by atoms with Gasteiger partial charge in [0, 0.05) is 27.9 Å². The van der Waals surface area contributed by atoms with Gasteiger partial charge in [-0.2, -0.15) is 9.97 Å². The molecule has 27 heavy (non-hydrogen) atoms. The molecule has 0 radical (unpaired) electrons. The highest BCUT2D eigenvalue weighted by Gasteiger charge is 2.06. The number of nitrogens with one attached hydrogen (secondary N) is 2. The average molecular weight is 497 g/mol. The molecule has 0 aliphatic rings. The average Bonchev–Trinajstić information content (AvgIpc) is 3.16. The molecule has 140 valence electrons. The summed E-state index contributed by atoms with van der Waals surface area (Å²) in [7, 11) is 0. The molecule has 4 aromatic heterocycles. The van der Waals surface area contributed by atoms with Gasteiger partial charge in [0.2, 0.25) is 5.95 Å². The normalized spacial score (nSPS) is 10.5. The maximum atomic E-state index is 11.2. The number of nitrogen functional groups attached to an aromatic ring is 1. The number of nitrogens with zero attached hydrogens (tertiary/aromatic N) is 6. The van der Waals surface area contributed by atoms with Crippen LogP contribution in [0.2, 0.25) is 0 Å². The van der Waals surface area contributed by atoms with E-state index in [1.165, 1.54) is 0 Å². The van der Waals surface area contributed by atoms with E-state index < -0.39 is 0 Å². The molecule has 12 heteroatoms. The molecule has 0 saturated carbocycles. The third-order valence-corrected chi connectivity index (χ3v) is 4.16. The number of anilines is 2. The standard InChI is InChI=1S/C9H10BrN5O.C6H5BrN4/c1-2-11-9(16)13-8-12-7-5-6(10)3-4-15(7)14-8;7-4-1-2-11-5(3-4)9-6(8)10-11/h3-5H,2H2,1H3,(H2,11,13,14,16);1-3H,(H2,8,10). The van der Waals surface area contributed by atoms with Gasteiger partial charge in [0.25, 0.3) is 5.95 Å². The fourth-order valence-corrected chi connectivity index (χ4v) is 2.74. The zero-order valence-electron chi connectivity index (χ0n) is 14.1. The van der Waals surface area contributed by atoms with E-state index in [0.717, 1.165) is 14.6 Å². The molecular weight excluding hydrogens is 482 g/mol. The summed E-state index contributed by atoms with van der Waals surface area (Å²) in [5.74, 6) is 0.576. The van der Waals surface area contributed by atoms with Crippen LogP contribution >= 0.6 is 31.9 Å². The molecule has 0 aliphatic carbocycles. The Labute approximate surface area is 170 Å². The Morgan fingerprint density at radius 1 is 1.07 bits per heavy atom. The second kappa shape index (κ2) is 8.31. The molecule has 4 heterocycles. The van der Waals surface area contributed by atoms with Crippen LogP contribution in [0, 0.1) is 0 Å². The Balaban J connectivity index is 0.000000166. The van der Waals surface area contributed by atoms with E-state index in [9.17, 15) is 4.79 Å². The molecule has 0 aromatic carbocycles. The van der Waals surface area contributed by atoms with Crippen molar-refractivity contribution in [3.05, 3.63) is 45.6 Å². The van der Waals surface area contributed by atoms with Gasteiger partial charge in [-0.1, -0.05) is 31.9 Å². The lowest BCUT2D eigenvalue weighted by Crippen LogP contribution is -2.28. The van der Waals surface area contributed by atoms with Crippen LogP contribution in [0.3, 0.4) is 0 Å². The maximum absolute atomic E-state index is 11.2. The summed E-state index contributed by atoms with van der Waals surface area (Å²) >= 11 is 6.66. The molecule has 0 aliphatic heterocycles. The van der Waals surface area contributed by atoms with Crippen molar-refractivity contribution in [1.82, 2.24) is 34.5 Å². The molecule has 0 unspecified atom stereocenters. The first-order chi connectivity index (χ1) is 12.9. The van der Waals surface area contributed by atoms with Crippen LogP contribution in [-0.2, 0) is 0 Å². The SMILES string of the molecule is CCNC(=O)Nc1nc2cc(Br)ccn2n1.Nc1nc2cc(Br)ccn2n1. The Morgan fingerprint density at radius 2 is 1.67 bits per heavy atom. The molecule has 4 rings (SSSR count). The van der Waals surface area contributed by atoms with Gasteiger partial charge in [-0.15, -0.1) is 10.2 Å². The number of hydrogen-bond donors (Lipinski definition) is 3. The minimum atomic E-state index is -0.308. The zero-order valence-corrected chi connectivity index (χ0v) is 17.3. The Hall–Kier alpha value is -2.73. The molecule has 0 saturated heterocycles. The second-order valence-electron chi connectivity index (χ2n) is 5.19. The summed E-state index contributed by atoms with van der Waals surface area (Å²) in [6.07, 6.45) is 3.55. The van der Waals surface area contributed by atoms with Crippen LogP contribution in [0.15, 0.2) is 45.6 Å². The lowest BCUT2D eigenvalue weighted by atomic mass is 10.5. The highest BCUT2D eigenvalue weighted by molar-refractivity contribution is 9.10. The number of nitrogens with two attached hydrogens (primary N) is 1. The number of carbonyl (C=O) groups is 1. The van der Waals surface area contributed by atoms with Crippen molar-refractivity contribution in [1.29, 1.82) is 0 Å². The van der Waals surface area contributed by atoms with E-state index in [1.807, 2.05) is 31.2 Å². The number of aromatic nitrogens is 6. The molecule has 0 fully saturated rings. The smallest absolute Gasteiger partial charge is 0.321 e. The number of carbonyl (C=O) groups excluding carboxylic acids is 1. The van der Waals surface area contributed by atoms with E-state index in [0.29, 0.717) is 18.1 Å². The van der Waals surface area contributed by atoms with E-state index in [4.69, 9.17) is 5.73 Å². The van der Waals surface area contributed by atoms with Gasteiger partial charge in [-0.25, -0.2) is 13.8 Å². The fourth-order valence-electron chi connectivity index (χ4n) is 2.09.